The lowest BCUT2D eigenvalue weighted by Gasteiger charge is -2.05. The fraction of sp³-hybridized carbons (Fsp3) is 0.267. The standard InChI is InChI=1S/C15H17N3O3/c1-3-16-12(19)9-17-15(20)13-10(2)21-18-14(13)11-7-5-4-6-8-11/h4-8H,3,9H2,1-2H3,(H,16,19)(H,17,20). The molecule has 0 fully saturated rings. The molecule has 0 spiro atoms. The molecule has 0 radical (unpaired) electrons. The molecule has 0 unspecified atom stereocenters. The van der Waals surface area contributed by atoms with E-state index in [1.165, 1.54) is 0 Å². The number of benzene rings is 1. The van der Waals surface area contributed by atoms with Gasteiger partial charge in [-0.3, -0.25) is 9.59 Å². The van der Waals surface area contributed by atoms with Gasteiger partial charge in [0.15, 0.2) is 0 Å². The third-order valence-corrected chi connectivity index (χ3v) is 2.92. The monoisotopic (exact) mass is 287 g/mol. The summed E-state index contributed by atoms with van der Waals surface area (Å²) in [6.45, 7) is 3.93. The largest absolute Gasteiger partial charge is 0.360 e. The minimum atomic E-state index is -0.376. The van der Waals surface area contributed by atoms with Gasteiger partial charge >= 0.3 is 0 Å². The Bertz CT molecular complexity index is 635. The van der Waals surface area contributed by atoms with Gasteiger partial charge in [0.05, 0.1) is 6.54 Å². The molecule has 0 atom stereocenters. The molecule has 0 aliphatic heterocycles. The number of nitrogens with one attached hydrogen (secondary N) is 2. The van der Waals surface area contributed by atoms with Crippen LogP contribution in [-0.2, 0) is 4.79 Å². The van der Waals surface area contributed by atoms with Crippen LogP contribution in [0.3, 0.4) is 0 Å². The first kappa shape index (κ1) is 14.8. The van der Waals surface area contributed by atoms with Crippen molar-refractivity contribution in [1.82, 2.24) is 15.8 Å². The number of rotatable bonds is 5. The molecular weight excluding hydrogens is 270 g/mol. The van der Waals surface area contributed by atoms with Gasteiger partial charge in [0.2, 0.25) is 5.91 Å². The Hall–Kier alpha value is -2.63. The molecular formula is C15H17N3O3. The van der Waals surface area contributed by atoms with Crippen molar-refractivity contribution in [2.24, 2.45) is 0 Å². The van der Waals surface area contributed by atoms with Crippen molar-refractivity contribution >= 4 is 11.8 Å². The summed E-state index contributed by atoms with van der Waals surface area (Å²) in [5, 5.41) is 9.12. The van der Waals surface area contributed by atoms with E-state index in [2.05, 4.69) is 15.8 Å². The first-order chi connectivity index (χ1) is 10.1. The van der Waals surface area contributed by atoms with Crippen molar-refractivity contribution in [2.45, 2.75) is 13.8 Å². The molecule has 1 heterocycles. The van der Waals surface area contributed by atoms with E-state index in [4.69, 9.17) is 4.52 Å². The summed E-state index contributed by atoms with van der Waals surface area (Å²) in [5.74, 6) is -0.192. The second-order valence-corrected chi connectivity index (χ2v) is 4.46. The van der Waals surface area contributed by atoms with Gasteiger partial charge in [0.25, 0.3) is 5.91 Å². The molecule has 2 aromatic rings. The summed E-state index contributed by atoms with van der Waals surface area (Å²) in [5.41, 5.74) is 1.62. The fourth-order valence-corrected chi connectivity index (χ4v) is 1.94. The SMILES string of the molecule is CCNC(=O)CNC(=O)c1c(-c2ccccc2)noc1C. The zero-order chi connectivity index (χ0) is 15.2. The maximum absolute atomic E-state index is 12.2. The van der Waals surface area contributed by atoms with E-state index in [1.54, 1.807) is 6.92 Å². The molecule has 2 amide bonds. The smallest absolute Gasteiger partial charge is 0.257 e. The Kier molecular flexibility index (Phi) is 4.71. The lowest BCUT2D eigenvalue weighted by atomic mass is 10.1. The average molecular weight is 287 g/mol. The average Bonchev–Trinajstić information content (AvgIpc) is 2.88. The highest BCUT2D eigenvalue weighted by Gasteiger charge is 2.21. The van der Waals surface area contributed by atoms with E-state index in [0.29, 0.717) is 23.6 Å². The van der Waals surface area contributed by atoms with Gasteiger partial charge < -0.3 is 15.2 Å². The highest BCUT2D eigenvalue weighted by atomic mass is 16.5. The summed E-state index contributed by atoms with van der Waals surface area (Å²) in [4.78, 5) is 23.6. The van der Waals surface area contributed by atoms with Crippen LogP contribution in [0.1, 0.15) is 23.0 Å². The number of hydrogen-bond donors (Lipinski definition) is 2. The Morgan fingerprint density at radius 2 is 1.90 bits per heavy atom. The number of hydrogen-bond acceptors (Lipinski definition) is 4. The minimum Gasteiger partial charge on any atom is -0.360 e. The molecule has 21 heavy (non-hydrogen) atoms. The Balaban J connectivity index is 2.18. The van der Waals surface area contributed by atoms with Crippen LogP contribution >= 0.6 is 0 Å². The molecule has 6 heteroatoms. The zero-order valence-electron chi connectivity index (χ0n) is 12.0. The van der Waals surface area contributed by atoms with Crippen LogP contribution in [0.25, 0.3) is 11.3 Å². The van der Waals surface area contributed by atoms with Gasteiger partial charge in [-0.2, -0.15) is 0 Å². The Labute approximate surface area is 122 Å². The number of carbonyl (C=O) groups is 2. The molecule has 0 bridgehead atoms. The van der Waals surface area contributed by atoms with E-state index in [1.807, 2.05) is 37.3 Å². The van der Waals surface area contributed by atoms with Crippen molar-refractivity contribution in [2.75, 3.05) is 13.1 Å². The number of carbonyl (C=O) groups excluding carboxylic acids is 2. The van der Waals surface area contributed by atoms with Crippen molar-refractivity contribution in [3.63, 3.8) is 0 Å². The first-order valence-electron chi connectivity index (χ1n) is 6.70. The minimum absolute atomic E-state index is 0.0779. The summed E-state index contributed by atoms with van der Waals surface area (Å²) in [7, 11) is 0. The van der Waals surface area contributed by atoms with E-state index in [9.17, 15) is 9.59 Å². The molecule has 110 valence electrons. The predicted octanol–water partition coefficient (Wildman–Crippen LogP) is 1.52. The van der Waals surface area contributed by atoms with Crippen LogP contribution in [-0.4, -0.2) is 30.1 Å². The quantitative estimate of drug-likeness (QED) is 0.873. The zero-order valence-corrected chi connectivity index (χ0v) is 12.0. The van der Waals surface area contributed by atoms with Gasteiger partial charge in [0.1, 0.15) is 17.0 Å². The maximum Gasteiger partial charge on any atom is 0.257 e. The molecule has 0 aliphatic rings. The number of aromatic nitrogens is 1. The van der Waals surface area contributed by atoms with Crippen LogP contribution in [0.2, 0.25) is 0 Å². The molecule has 2 N–H and O–H groups in total. The van der Waals surface area contributed by atoms with Gasteiger partial charge in [0, 0.05) is 12.1 Å². The second kappa shape index (κ2) is 6.69. The highest BCUT2D eigenvalue weighted by molar-refractivity contribution is 6.02. The molecule has 1 aromatic carbocycles. The molecule has 0 aliphatic carbocycles. The number of amides is 2. The number of nitrogens with zero attached hydrogens (tertiary/aromatic N) is 1. The van der Waals surface area contributed by atoms with Gasteiger partial charge in [-0.15, -0.1) is 0 Å². The number of aryl methyl sites for hydroxylation is 1. The van der Waals surface area contributed by atoms with Crippen LogP contribution < -0.4 is 10.6 Å². The molecule has 2 rings (SSSR count). The van der Waals surface area contributed by atoms with E-state index in [-0.39, 0.29) is 18.4 Å². The normalized spacial score (nSPS) is 10.2. The van der Waals surface area contributed by atoms with Crippen LogP contribution in [0.4, 0.5) is 0 Å². The van der Waals surface area contributed by atoms with E-state index < -0.39 is 0 Å². The van der Waals surface area contributed by atoms with Gasteiger partial charge in [-0.25, -0.2) is 0 Å². The Morgan fingerprint density at radius 1 is 1.19 bits per heavy atom. The lowest BCUT2D eigenvalue weighted by molar-refractivity contribution is -0.120. The van der Waals surface area contributed by atoms with Gasteiger partial charge in [-0.1, -0.05) is 35.5 Å². The number of likely N-dealkylation sites (N-methyl/N-ethyl adjacent to an activating group) is 1. The second-order valence-electron chi connectivity index (χ2n) is 4.46. The Morgan fingerprint density at radius 3 is 2.57 bits per heavy atom. The fourth-order valence-electron chi connectivity index (χ4n) is 1.94. The lowest BCUT2D eigenvalue weighted by Crippen LogP contribution is -2.37. The van der Waals surface area contributed by atoms with Gasteiger partial charge in [-0.05, 0) is 13.8 Å². The van der Waals surface area contributed by atoms with Crippen LogP contribution in [0.5, 0.6) is 0 Å². The van der Waals surface area contributed by atoms with Crippen molar-refractivity contribution in [3.8, 4) is 11.3 Å². The molecule has 0 saturated carbocycles. The first-order valence-corrected chi connectivity index (χ1v) is 6.70. The molecule has 6 nitrogen and oxygen atoms in total. The molecule has 1 aromatic heterocycles. The maximum atomic E-state index is 12.2. The van der Waals surface area contributed by atoms with E-state index in [0.717, 1.165) is 5.56 Å². The van der Waals surface area contributed by atoms with Crippen LogP contribution in [0, 0.1) is 6.92 Å². The van der Waals surface area contributed by atoms with Crippen LogP contribution in [0.15, 0.2) is 34.9 Å². The highest BCUT2D eigenvalue weighted by Crippen LogP contribution is 2.24. The third-order valence-electron chi connectivity index (χ3n) is 2.92. The topological polar surface area (TPSA) is 84.2 Å². The van der Waals surface area contributed by atoms with E-state index >= 15 is 0 Å². The van der Waals surface area contributed by atoms with Crippen molar-refractivity contribution in [3.05, 3.63) is 41.7 Å². The summed E-state index contributed by atoms with van der Waals surface area (Å²) in [6.07, 6.45) is 0. The van der Waals surface area contributed by atoms with Crippen molar-refractivity contribution < 1.29 is 14.1 Å². The predicted molar refractivity (Wildman–Crippen MR) is 77.7 cm³/mol. The summed E-state index contributed by atoms with van der Waals surface area (Å²) < 4.78 is 5.11. The third kappa shape index (κ3) is 3.47. The molecule has 0 saturated heterocycles. The summed E-state index contributed by atoms with van der Waals surface area (Å²) >= 11 is 0. The summed E-state index contributed by atoms with van der Waals surface area (Å²) in [6, 6.07) is 9.28. The van der Waals surface area contributed by atoms with Crippen molar-refractivity contribution in [1.29, 1.82) is 0 Å².